The summed E-state index contributed by atoms with van der Waals surface area (Å²) in [5, 5.41) is 10.5. The molecule has 3 heterocycles. The van der Waals surface area contributed by atoms with Crippen LogP contribution in [-0.2, 0) is 28.0 Å². The van der Waals surface area contributed by atoms with E-state index in [2.05, 4.69) is 15.7 Å². The molecule has 1 aromatic heterocycles. The van der Waals surface area contributed by atoms with Crippen LogP contribution in [0.1, 0.15) is 47.8 Å². The fourth-order valence-electron chi connectivity index (χ4n) is 4.41. The van der Waals surface area contributed by atoms with E-state index in [0.717, 1.165) is 24.2 Å². The number of nitrogens with zero attached hydrogens (tertiary/aromatic N) is 2. The van der Waals surface area contributed by atoms with E-state index >= 15 is 0 Å². The largest absolute Gasteiger partial charge is 0.381 e. The zero-order valence-electron chi connectivity index (χ0n) is 17.1. The Hall–Kier alpha value is -2.74. The molecule has 0 saturated carbocycles. The Kier molecular flexibility index (Phi) is 5.85. The van der Waals surface area contributed by atoms with Crippen LogP contribution in [0.2, 0.25) is 0 Å². The second-order valence-electron chi connectivity index (χ2n) is 8.18. The number of carbonyl (C=O) groups is 2. The zero-order valence-corrected chi connectivity index (χ0v) is 17.1. The van der Waals surface area contributed by atoms with E-state index in [0.29, 0.717) is 44.6 Å². The Bertz CT molecular complexity index is 919. The minimum absolute atomic E-state index is 0.0483. The summed E-state index contributed by atoms with van der Waals surface area (Å²) in [6, 6.07) is 6.32. The van der Waals surface area contributed by atoms with E-state index in [4.69, 9.17) is 4.74 Å². The van der Waals surface area contributed by atoms with E-state index < -0.39 is 5.54 Å². The lowest BCUT2D eigenvalue weighted by Gasteiger charge is -2.38. The Labute approximate surface area is 175 Å². The van der Waals surface area contributed by atoms with Crippen molar-refractivity contribution < 1.29 is 18.7 Å². The number of nitrogens with one attached hydrogen (secondary N) is 2. The molecule has 2 aromatic rings. The molecule has 2 aliphatic rings. The standard InChI is InChI=1S/C22H27FN4O3/c1-15(28)24-13-16-6-9-27-20(12-16)19(14-25-27)21(29)26-22(7-10-30-11-8-22)17-2-4-18(23)5-3-17/h2-5,14,16H,6-13H2,1H3,(H,24,28)(H,26,29). The van der Waals surface area contributed by atoms with Gasteiger partial charge in [-0.05, 0) is 49.3 Å². The maximum atomic E-state index is 13.5. The number of amides is 2. The highest BCUT2D eigenvalue weighted by molar-refractivity contribution is 5.95. The maximum Gasteiger partial charge on any atom is 0.255 e. The summed E-state index contributed by atoms with van der Waals surface area (Å²) in [7, 11) is 0. The van der Waals surface area contributed by atoms with Crippen LogP contribution in [0.25, 0.3) is 0 Å². The van der Waals surface area contributed by atoms with Gasteiger partial charge in [0.2, 0.25) is 5.91 Å². The highest BCUT2D eigenvalue weighted by Gasteiger charge is 2.37. The van der Waals surface area contributed by atoms with Gasteiger partial charge in [0.15, 0.2) is 0 Å². The molecule has 0 bridgehead atoms. The molecular formula is C22H27FN4O3. The van der Waals surface area contributed by atoms with Crippen LogP contribution in [0, 0.1) is 11.7 Å². The van der Waals surface area contributed by atoms with Crippen molar-refractivity contribution in [2.75, 3.05) is 19.8 Å². The van der Waals surface area contributed by atoms with Crippen LogP contribution in [-0.4, -0.2) is 41.4 Å². The number of ether oxygens (including phenoxy) is 1. The summed E-state index contributed by atoms with van der Waals surface area (Å²) in [5.41, 5.74) is 1.75. The average Bonchev–Trinajstić information content (AvgIpc) is 3.17. The lowest BCUT2D eigenvalue weighted by molar-refractivity contribution is -0.119. The number of carbonyl (C=O) groups excluding carboxylic acids is 2. The fraction of sp³-hybridized carbons (Fsp3) is 0.500. The van der Waals surface area contributed by atoms with Gasteiger partial charge in [-0.2, -0.15) is 5.10 Å². The van der Waals surface area contributed by atoms with Gasteiger partial charge in [0.25, 0.3) is 5.91 Å². The van der Waals surface area contributed by atoms with Gasteiger partial charge in [0.05, 0.1) is 23.0 Å². The van der Waals surface area contributed by atoms with E-state index in [1.165, 1.54) is 19.1 Å². The van der Waals surface area contributed by atoms with Crippen molar-refractivity contribution in [1.82, 2.24) is 20.4 Å². The number of rotatable bonds is 5. The first-order chi connectivity index (χ1) is 14.5. The molecule has 160 valence electrons. The van der Waals surface area contributed by atoms with Crippen molar-refractivity contribution in [1.29, 1.82) is 0 Å². The number of fused-ring (bicyclic) bond motifs is 1. The summed E-state index contributed by atoms with van der Waals surface area (Å²) in [6.45, 7) is 3.89. The zero-order chi connectivity index (χ0) is 21.1. The third kappa shape index (κ3) is 4.23. The molecule has 0 radical (unpaired) electrons. The second kappa shape index (κ2) is 8.55. The molecule has 0 spiro atoms. The van der Waals surface area contributed by atoms with Crippen LogP contribution in [0.4, 0.5) is 4.39 Å². The highest BCUT2D eigenvalue weighted by Crippen LogP contribution is 2.33. The van der Waals surface area contributed by atoms with Crippen LogP contribution in [0.5, 0.6) is 0 Å². The van der Waals surface area contributed by atoms with E-state index in [-0.39, 0.29) is 23.5 Å². The smallest absolute Gasteiger partial charge is 0.255 e. The molecule has 4 rings (SSSR count). The van der Waals surface area contributed by atoms with Gasteiger partial charge < -0.3 is 15.4 Å². The van der Waals surface area contributed by atoms with Gasteiger partial charge in [-0.25, -0.2) is 4.39 Å². The summed E-state index contributed by atoms with van der Waals surface area (Å²) < 4.78 is 20.9. The summed E-state index contributed by atoms with van der Waals surface area (Å²) in [6.07, 6.45) is 4.48. The number of aryl methyl sites for hydroxylation is 1. The lowest BCUT2D eigenvalue weighted by Crippen LogP contribution is -2.49. The van der Waals surface area contributed by atoms with Crippen molar-refractivity contribution >= 4 is 11.8 Å². The minimum atomic E-state index is -0.595. The van der Waals surface area contributed by atoms with Crippen molar-refractivity contribution in [3.05, 3.63) is 53.1 Å². The third-order valence-corrected chi connectivity index (χ3v) is 6.16. The summed E-state index contributed by atoms with van der Waals surface area (Å²) in [5.74, 6) is -0.252. The number of hydrogen-bond donors (Lipinski definition) is 2. The number of aromatic nitrogens is 2. The molecule has 7 nitrogen and oxygen atoms in total. The van der Waals surface area contributed by atoms with E-state index in [9.17, 15) is 14.0 Å². The molecule has 1 atom stereocenters. The first-order valence-electron chi connectivity index (χ1n) is 10.4. The SMILES string of the molecule is CC(=O)NCC1CCn2ncc(C(=O)NC3(c4ccc(F)cc4)CCOCC3)c2C1. The quantitative estimate of drug-likeness (QED) is 0.785. The molecule has 2 aliphatic heterocycles. The van der Waals surface area contributed by atoms with E-state index in [1.54, 1.807) is 18.3 Å². The van der Waals surface area contributed by atoms with Crippen molar-refractivity contribution in [2.24, 2.45) is 5.92 Å². The maximum absolute atomic E-state index is 13.5. The number of halogens is 1. The molecule has 0 aliphatic carbocycles. The highest BCUT2D eigenvalue weighted by atomic mass is 19.1. The van der Waals surface area contributed by atoms with Crippen LogP contribution >= 0.6 is 0 Å². The van der Waals surface area contributed by atoms with Gasteiger partial charge in [-0.15, -0.1) is 0 Å². The predicted octanol–water partition coefficient (Wildman–Crippen LogP) is 2.16. The molecule has 8 heteroatoms. The Morgan fingerprint density at radius 2 is 2.00 bits per heavy atom. The normalized spacial score (nSPS) is 20.3. The van der Waals surface area contributed by atoms with E-state index in [1.807, 2.05) is 4.68 Å². The Morgan fingerprint density at radius 1 is 1.27 bits per heavy atom. The van der Waals surface area contributed by atoms with Crippen molar-refractivity contribution in [3.8, 4) is 0 Å². The molecular weight excluding hydrogens is 387 g/mol. The topological polar surface area (TPSA) is 85.2 Å². The van der Waals surface area contributed by atoms with Crippen LogP contribution < -0.4 is 10.6 Å². The molecule has 30 heavy (non-hydrogen) atoms. The molecule has 1 saturated heterocycles. The van der Waals surface area contributed by atoms with Crippen molar-refractivity contribution in [3.63, 3.8) is 0 Å². The first kappa shape index (κ1) is 20.5. The minimum Gasteiger partial charge on any atom is -0.381 e. The molecule has 1 unspecified atom stereocenters. The fourth-order valence-corrected chi connectivity index (χ4v) is 4.41. The van der Waals surface area contributed by atoms with Gasteiger partial charge in [0, 0.05) is 33.2 Å². The first-order valence-corrected chi connectivity index (χ1v) is 10.4. The summed E-state index contributed by atoms with van der Waals surface area (Å²) in [4.78, 5) is 24.6. The lowest BCUT2D eigenvalue weighted by atomic mass is 9.82. The molecule has 1 fully saturated rings. The van der Waals surface area contributed by atoms with Gasteiger partial charge in [-0.3, -0.25) is 14.3 Å². The second-order valence-corrected chi connectivity index (χ2v) is 8.18. The number of benzene rings is 1. The Morgan fingerprint density at radius 3 is 2.70 bits per heavy atom. The predicted molar refractivity (Wildman–Crippen MR) is 108 cm³/mol. The van der Waals surface area contributed by atoms with Gasteiger partial charge in [0.1, 0.15) is 5.82 Å². The summed E-state index contributed by atoms with van der Waals surface area (Å²) >= 11 is 0. The monoisotopic (exact) mass is 414 g/mol. The van der Waals surface area contributed by atoms with Crippen LogP contribution in [0.3, 0.4) is 0 Å². The van der Waals surface area contributed by atoms with Crippen molar-refractivity contribution in [2.45, 2.75) is 44.7 Å². The molecule has 1 aromatic carbocycles. The Balaban J connectivity index is 1.55. The van der Waals surface area contributed by atoms with Gasteiger partial charge >= 0.3 is 0 Å². The molecule has 2 N–H and O–H groups in total. The average molecular weight is 414 g/mol. The third-order valence-electron chi connectivity index (χ3n) is 6.16. The van der Waals surface area contributed by atoms with Crippen LogP contribution in [0.15, 0.2) is 30.5 Å². The molecule has 2 amide bonds. The number of hydrogen-bond acceptors (Lipinski definition) is 4. The van der Waals surface area contributed by atoms with Gasteiger partial charge in [-0.1, -0.05) is 12.1 Å².